The molecule has 1 aromatic rings. The summed E-state index contributed by atoms with van der Waals surface area (Å²) in [5.41, 5.74) is 3.86. The molecule has 1 atom stereocenters. The zero-order valence-electron chi connectivity index (χ0n) is 12.5. The first-order valence-corrected chi connectivity index (χ1v) is 7.71. The Morgan fingerprint density at radius 3 is 2.95 bits per heavy atom. The second kappa shape index (κ2) is 6.35. The molecule has 0 spiro atoms. The van der Waals surface area contributed by atoms with Crippen LogP contribution in [0.4, 0.5) is 10.5 Å². The number of amides is 1. The van der Waals surface area contributed by atoms with Crippen molar-refractivity contribution < 1.29 is 9.53 Å². The van der Waals surface area contributed by atoms with E-state index in [0.29, 0.717) is 0 Å². The number of carbonyl (C=O) groups excluding carboxylic acids is 1. The van der Waals surface area contributed by atoms with Gasteiger partial charge in [-0.25, -0.2) is 4.79 Å². The van der Waals surface area contributed by atoms with Crippen LogP contribution in [0.15, 0.2) is 18.2 Å². The molecule has 0 aromatic heterocycles. The Hall–Kier alpha value is -1.75. The molecule has 1 fully saturated rings. The maximum absolute atomic E-state index is 11.5. The molecular formula is C16H23N3O2. The molecule has 5 heteroatoms. The van der Waals surface area contributed by atoms with Gasteiger partial charge in [0.05, 0.1) is 13.2 Å². The SMILES string of the molecule is COC(=O)NC1CCCc2ccc(N3CCNCC3)cc21. The van der Waals surface area contributed by atoms with E-state index in [1.165, 1.54) is 23.9 Å². The van der Waals surface area contributed by atoms with Crippen LogP contribution in [0.5, 0.6) is 0 Å². The Kier molecular flexibility index (Phi) is 4.29. The van der Waals surface area contributed by atoms with Crippen molar-refractivity contribution in [1.82, 2.24) is 10.6 Å². The third-order valence-corrected chi connectivity index (χ3v) is 4.40. The van der Waals surface area contributed by atoms with Crippen LogP contribution in [-0.4, -0.2) is 39.4 Å². The Balaban J connectivity index is 1.83. The molecule has 5 nitrogen and oxygen atoms in total. The molecule has 3 rings (SSSR count). The Morgan fingerprint density at radius 1 is 1.38 bits per heavy atom. The van der Waals surface area contributed by atoms with Gasteiger partial charge in [-0.2, -0.15) is 0 Å². The number of nitrogens with one attached hydrogen (secondary N) is 2. The van der Waals surface area contributed by atoms with E-state index in [9.17, 15) is 4.79 Å². The first-order chi connectivity index (χ1) is 10.3. The van der Waals surface area contributed by atoms with E-state index in [4.69, 9.17) is 4.74 Å². The number of hydrogen-bond donors (Lipinski definition) is 2. The lowest BCUT2D eigenvalue weighted by molar-refractivity contribution is 0.165. The minimum atomic E-state index is -0.347. The number of nitrogens with zero attached hydrogens (tertiary/aromatic N) is 1. The molecule has 1 amide bonds. The van der Waals surface area contributed by atoms with Crippen LogP contribution in [0.25, 0.3) is 0 Å². The van der Waals surface area contributed by atoms with Crippen molar-refractivity contribution in [3.63, 3.8) is 0 Å². The smallest absolute Gasteiger partial charge is 0.407 e. The molecular weight excluding hydrogens is 266 g/mol. The Bertz CT molecular complexity index is 512. The molecule has 1 aliphatic heterocycles. The number of alkyl carbamates (subject to hydrolysis) is 1. The number of anilines is 1. The minimum absolute atomic E-state index is 0.0732. The first kappa shape index (κ1) is 14.2. The van der Waals surface area contributed by atoms with Gasteiger partial charge in [-0.3, -0.25) is 0 Å². The van der Waals surface area contributed by atoms with Crippen LogP contribution in [0.3, 0.4) is 0 Å². The number of piperazine rings is 1. The first-order valence-electron chi connectivity index (χ1n) is 7.71. The third kappa shape index (κ3) is 3.13. The number of hydrogen-bond acceptors (Lipinski definition) is 4. The number of aryl methyl sites for hydroxylation is 1. The van der Waals surface area contributed by atoms with Crippen molar-refractivity contribution in [1.29, 1.82) is 0 Å². The Morgan fingerprint density at radius 2 is 2.19 bits per heavy atom. The standard InChI is InChI=1S/C16H23N3O2/c1-21-16(20)18-15-4-2-3-12-5-6-13(11-14(12)15)19-9-7-17-8-10-19/h5-6,11,15,17H,2-4,7-10H2,1H3,(H,18,20). The van der Waals surface area contributed by atoms with E-state index in [-0.39, 0.29) is 12.1 Å². The van der Waals surface area contributed by atoms with Crippen LogP contribution in [0.1, 0.15) is 30.0 Å². The fraction of sp³-hybridized carbons (Fsp3) is 0.562. The van der Waals surface area contributed by atoms with Gasteiger partial charge in [0.15, 0.2) is 0 Å². The highest BCUT2D eigenvalue weighted by atomic mass is 16.5. The zero-order chi connectivity index (χ0) is 14.7. The lowest BCUT2D eigenvalue weighted by Gasteiger charge is -2.32. The maximum Gasteiger partial charge on any atom is 0.407 e. The van der Waals surface area contributed by atoms with Crippen LogP contribution < -0.4 is 15.5 Å². The lowest BCUT2D eigenvalue weighted by atomic mass is 9.87. The van der Waals surface area contributed by atoms with E-state index in [1.54, 1.807) is 0 Å². The molecule has 1 heterocycles. The van der Waals surface area contributed by atoms with Gasteiger partial charge >= 0.3 is 6.09 Å². The second-order valence-electron chi connectivity index (χ2n) is 5.70. The number of ether oxygens (including phenoxy) is 1. The topological polar surface area (TPSA) is 53.6 Å². The molecule has 1 aliphatic carbocycles. The van der Waals surface area contributed by atoms with Gasteiger partial charge in [0.25, 0.3) is 0 Å². The summed E-state index contributed by atoms with van der Waals surface area (Å²) in [6.07, 6.45) is 2.83. The summed E-state index contributed by atoms with van der Waals surface area (Å²) in [6, 6.07) is 6.76. The fourth-order valence-electron chi connectivity index (χ4n) is 3.26. The fourth-order valence-corrected chi connectivity index (χ4v) is 3.26. The average molecular weight is 289 g/mol. The highest BCUT2D eigenvalue weighted by Crippen LogP contribution is 2.33. The number of rotatable bonds is 2. The normalized spacial score (nSPS) is 21.6. The summed E-state index contributed by atoms with van der Waals surface area (Å²) >= 11 is 0. The van der Waals surface area contributed by atoms with E-state index in [0.717, 1.165) is 45.4 Å². The predicted octanol–water partition coefficient (Wildman–Crippen LogP) is 1.83. The van der Waals surface area contributed by atoms with Gasteiger partial charge in [0, 0.05) is 31.9 Å². The number of fused-ring (bicyclic) bond motifs is 1. The lowest BCUT2D eigenvalue weighted by Crippen LogP contribution is -2.43. The molecule has 0 bridgehead atoms. The highest BCUT2D eigenvalue weighted by molar-refractivity contribution is 5.68. The van der Waals surface area contributed by atoms with Crippen molar-refractivity contribution in [2.24, 2.45) is 0 Å². The van der Waals surface area contributed by atoms with Gasteiger partial charge in [0.2, 0.25) is 0 Å². The summed E-state index contributed by atoms with van der Waals surface area (Å²) in [7, 11) is 1.41. The van der Waals surface area contributed by atoms with Gasteiger partial charge in [0.1, 0.15) is 0 Å². The molecule has 0 radical (unpaired) electrons. The van der Waals surface area contributed by atoms with Gasteiger partial charge in [-0.05, 0) is 42.5 Å². The van der Waals surface area contributed by atoms with Crippen LogP contribution in [-0.2, 0) is 11.2 Å². The Labute approximate surface area is 125 Å². The maximum atomic E-state index is 11.5. The molecule has 1 unspecified atom stereocenters. The van der Waals surface area contributed by atoms with Gasteiger partial charge in [-0.15, -0.1) is 0 Å². The summed E-state index contributed by atoms with van der Waals surface area (Å²) in [6.45, 7) is 4.13. The van der Waals surface area contributed by atoms with Crippen molar-refractivity contribution in [3.05, 3.63) is 29.3 Å². The third-order valence-electron chi connectivity index (χ3n) is 4.40. The highest BCUT2D eigenvalue weighted by Gasteiger charge is 2.23. The summed E-state index contributed by atoms with van der Waals surface area (Å²) in [4.78, 5) is 13.9. The molecule has 1 saturated heterocycles. The van der Waals surface area contributed by atoms with Crippen LogP contribution >= 0.6 is 0 Å². The summed E-state index contributed by atoms with van der Waals surface area (Å²) in [5.74, 6) is 0. The van der Waals surface area contributed by atoms with Gasteiger partial charge < -0.3 is 20.3 Å². The molecule has 0 saturated carbocycles. The molecule has 114 valence electrons. The summed E-state index contributed by atoms with van der Waals surface area (Å²) < 4.78 is 4.75. The number of carbonyl (C=O) groups is 1. The molecule has 2 aliphatic rings. The number of benzene rings is 1. The predicted molar refractivity (Wildman–Crippen MR) is 82.7 cm³/mol. The zero-order valence-corrected chi connectivity index (χ0v) is 12.5. The monoisotopic (exact) mass is 289 g/mol. The molecule has 1 aromatic carbocycles. The van der Waals surface area contributed by atoms with Crippen molar-refractivity contribution in [2.45, 2.75) is 25.3 Å². The van der Waals surface area contributed by atoms with Crippen molar-refractivity contribution in [3.8, 4) is 0 Å². The second-order valence-corrected chi connectivity index (χ2v) is 5.70. The molecule has 21 heavy (non-hydrogen) atoms. The largest absolute Gasteiger partial charge is 0.453 e. The van der Waals surface area contributed by atoms with Crippen molar-refractivity contribution in [2.75, 3.05) is 38.2 Å². The minimum Gasteiger partial charge on any atom is -0.453 e. The van der Waals surface area contributed by atoms with E-state index in [2.05, 4.69) is 33.7 Å². The number of methoxy groups -OCH3 is 1. The average Bonchev–Trinajstić information content (AvgIpc) is 2.55. The summed E-state index contributed by atoms with van der Waals surface area (Å²) in [5, 5.41) is 6.34. The van der Waals surface area contributed by atoms with E-state index in [1.807, 2.05) is 0 Å². The molecule has 2 N–H and O–H groups in total. The van der Waals surface area contributed by atoms with Gasteiger partial charge in [-0.1, -0.05) is 6.07 Å². The van der Waals surface area contributed by atoms with E-state index < -0.39 is 0 Å². The van der Waals surface area contributed by atoms with Crippen LogP contribution in [0.2, 0.25) is 0 Å². The van der Waals surface area contributed by atoms with Crippen molar-refractivity contribution >= 4 is 11.8 Å². The van der Waals surface area contributed by atoms with Crippen LogP contribution in [0, 0.1) is 0 Å². The van der Waals surface area contributed by atoms with E-state index >= 15 is 0 Å². The quantitative estimate of drug-likeness (QED) is 0.872.